The molecule has 2 bridgehead atoms. The molecule has 5 heteroatoms. The summed E-state index contributed by atoms with van der Waals surface area (Å²) in [5, 5.41) is 14.0. The van der Waals surface area contributed by atoms with E-state index in [0.29, 0.717) is 5.75 Å². The van der Waals surface area contributed by atoms with Gasteiger partial charge in [0.25, 0.3) is 0 Å². The highest BCUT2D eigenvalue weighted by molar-refractivity contribution is 6.09. The predicted octanol–water partition coefficient (Wildman–Crippen LogP) is 5.88. The van der Waals surface area contributed by atoms with Crippen molar-refractivity contribution < 1.29 is 24.2 Å². The van der Waals surface area contributed by atoms with Crippen LogP contribution in [0.15, 0.2) is 84.9 Å². The number of hydrogen-bond acceptors (Lipinski definition) is 5. The first kappa shape index (κ1) is 21.4. The SMILES string of the molecule is COC(=O)[C@@H]1[C@H](C(=O)Oc2cccc3cccc(-c4cccc5cccc(O)c45)c23)[C@H]2C=C[C@@H]1C2. The van der Waals surface area contributed by atoms with E-state index in [4.69, 9.17) is 9.47 Å². The highest BCUT2D eigenvalue weighted by Crippen LogP contribution is 2.49. The summed E-state index contributed by atoms with van der Waals surface area (Å²) in [7, 11) is 1.36. The lowest BCUT2D eigenvalue weighted by Gasteiger charge is -2.24. The number of esters is 2. The lowest BCUT2D eigenvalue weighted by Crippen LogP contribution is -2.36. The average Bonchev–Trinajstić information content (AvgIpc) is 3.50. The van der Waals surface area contributed by atoms with E-state index in [9.17, 15) is 14.7 Å². The van der Waals surface area contributed by atoms with Crippen LogP contribution in [-0.2, 0) is 14.3 Å². The Hall–Kier alpha value is -4.12. The van der Waals surface area contributed by atoms with Crippen LogP contribution in [0, 0.1) is 23.7 Å². The first-order chi connectivity index (χ1) is 17.1. The summed E-state index contributed by atoms with van der Waals surface area (Å²) in [6.45, 7) is 0. The Kier molecular flexibility index (Phi) is 5.06. The molecule has 1 saturated carbocycles. The molecule has 0 radical (unpaired) electrons. The predicted molar refractivity (Wildman–Crippen MR) is 134 cm³/mol. The maximum atomic E-state index is 13.5. The molecule has 4 aromatic carbocycles. The van der Waals surface area contributed by atoms with Crippen LogP contribution in [-0.4, -0.2) is 24.2 Å². The number of phenolic OH excluding ortho intramolecular Hbond substituents is 1. The molecule has 35 heavy (non-hydrogen) atoms. The molecule has 0 unspecified atom stereocenters. The van der Waals surface area contributed by atoms with E-state index in [2.05, 4.69) is 0 Å². The highest BCUT2D eigenvalue weighted by Gasteiger charge is 2.53. The van der Waals surface area contributed by atoms with E-state index >= 15 is 0 Å². The highest BCUT2D eigenvalue weighted by atomic mass is 16.5. The third-order valence-electron chi connectivity index (χ3n) is 7.45. The van der Waals surface area contributed by atoms with Gasteiger partial charge in [0.05, 0.1) is 18.9 Å². The number of methoxy groups -OCH3 is 1. The zero-order chi connectivity index (χ0) is 24.1. The van der Waals surface area contributed by atoms with E-state index < -0.39 is 17.8 Å². The number of carbonyl (C=O) groups excluding carboxylic acids is 2. The topological polar surface area (TPSA) is 72.8 Å². The monoisotopic (exact) mass is 464 g/mol. The van der Waals surface area contributed by atoms with Crippen LogP contribution in [0.3, 0.4) is 0 Å². The Morgan fingerprint density at radius 2 is 1.29 bits per heavy atom. The number of rotatable bonds is 4. The molecular formula is C30H24O5. The van der Waals surface area contributed by atoms with Gasteiger partial charge in [-0.25, -0.2) is 0 Å². The number of allylic oxidation sites excluding steroid dienone is 2. The number of carbonyl (C=O) groups is 2. The lowest BCUT2D eigenvalue weighted by molar-refractivity contribution is -0.155. The Bertz CT molecular complexity index is 1510. The van der Waals surface area contributed by atoms with Gasteiger partial charge in [-0.15, -0.1) is 0 Å². The van der Waals surface area contributed by atoms with Crippen molar-refractivity contribution in [2.24, 2.45) is 23.7 Å². The van der Waals surface area contributed by atoms with Gasteiger partial charge >= 0.3 is 11.9 Å². The summed E-state index contributed by atoms with van der Waals surface area (Å²) >= 11 is 0. The number of benzene rings is 4. The summed E-state index contributed by atoms with van der Waals surface area (Å²) in [6, 6.07) is 22.8. The average molecular weight is 465 g/mol. The van der Waals surface area contributed by atoms with Crippen LogP contribution >= 0.6 is 0 Å². The standard InChI is InChI=1S/C30H24O5/c1-34-29(32)27-19-14-15-20(16-19)28(27)30(33)35-24-13-5-9-18-7-3-11-22(26(18)24)21-10-2-6-17-8-4-12-23(31)25(17)21/h2-15,19-20,27-28,31H,16H2,1H3/t19-,20+,27+,28-/m1/s1. The minimum Gasteiger partial charge on any atom is -0.507 e. The van der Waals surface area contributed by atoms with Gasteiger partial charge in [0.2, 0.25) is 0 Å². The van der Waals surface area contributed by atoms with E-state index in [1.165, 1.54) is 7.11 Å². The Morgan fingerprint density at radius 3 is 1.94 bits per heavy atom. The summed E-state index contributed by atoms with van der Waals surface area (Å²) in [4.78, 5) is 26.0. The first-order valence-corrected chi connectivity index (χ1v) is 11.8. The molecule has 0 aromatic heterocycles. The van der Waals surface area contributed by atoms with Gasteiger partial charge in [0, 0.05) is 10.8 Å². The maximum absolute atomic E-state index is 13.5. The van der Waals surface area contributed by atoms with Crippen molar-refractivity contribution in [2.75, 3.05) is 7.11 Å². The largest absolute Gasteiger partial charge is 0.507 e. The Balaban J connectivity index is 1.46. The van der Waals surface area contributed by atoms with Crippen LogP contribution in [0.25, 0.3) is 32.7 Å². The van der Waals surface area contributed by atoms with Crippen molar-refractivity contribution in [3.05, 3.63) is 84.9 Å². The number of phenols is 1. The van der Waals surface area contributed by atoms with Gasteiger partial charge in [-0.2, -0.15) is 0 Å². The second-order valence-corrected chi connectivity index (χ2v) is 9.28. The van der Waals surface area contributed by atoms with Crippen LogP contribution < -0.4 is 4.74 Å². The molecule has 4 aromatic rings. The minimum atomic E-state index is -0.568. The van der Waals surface area contributed by atoms with Gasteiger partial charge in [0.15, 0.2) is 0 Å². The summed E-state index contributed by atoms with van der Waals surface area (Å²) < 4.78 is 11.1. The summed E-state index contributed by atoms with van der Waals surface area (Å²) in [6.07, 6.45) is 4.79. The molecule has 5 nitrogen and oxygen atoms in total. The van der Waals surface area contributed by atoms with Gasteiger partial charge < -0.3 is 14.6 Å². The summed E-state index contributed by atoms with van der Waals surface area (Å²) in [5.74, 6) is -1.26. The van der Waals surface area contributed by atoms with Crippen LogP contribution in [0.2, 0.25) is 0 Å². The van der Waals surface area contributed by atoms with Crippen LogP contribution in [0.1, 0.15) is 6.42 Å². The molecule has 174 valence electrons. The Morgan fingerprint density at radius 1 is 0.743 bits per heavy atom. The fraction of sp³-hybridized carbons (Fsp3) is 0.200. The number of ether oxygens (including phenoxy) is 2. The number of aromatic hydroxyl groups is 1. The molecule has 2 aliphatic carbocycles. The molecule has 6 rings (SSSR count). The smallest absolute Gasteiger partial charge is 0.315 e. The van der Waals surface area contributed by atoms with Crippen LogP contribution in [0.4, 0.5) is 0 Å². The molecule has 4 atom stereocenters. The normalized spacial score (nSPS) is 22.5. The van der Waals surface area contributed by atoms with E-state index in [-0.39, 0.29) is 23.6 Å². The van der Waals surface area contributed by atoms with Crippen molar-refractivity contribution >= 4 is 33.5 Å². The molecule has 0 aliphatic heterocycles. The van der Waals surface area contributed by atoms with Crippen molar-refractivity contribution in [3.8, 4) is 22.6 Å². The number of hydrogen-bond donors (Lipinski definition) is 1. The van der Waals surface area contributed by atoms with Gasteiger partial charge in [0.1, 0.15) is 11.5 Å². The van der Waals surface area contributed by atoms with E-state index in [1.807, 2.05) is 72.8 Å². The second kappa shape index (κ2) is 8.27. The molecule has 2 aliphatic rings. The molecule has 0 spiro atoms. The van der Waals surface area contributed by atoms with E-state index in [1.54, 1.807) is 12.1 Å². The molecule has 0 heterocycles. The Labute approximate surface area is 202 Å². The minimum absolute atomic E-state index is 0.00624. The summed E-state index contributed by atoms with van der Waals surface area (Å²) in [5.41, 5.74) is 1.71. The zero-order valence-electron chi connectivity index (χ0n) is 19.2. The molecule has 0 amide bonds. The quantitative estimate of drug-likeness (QED) is 0.232. The number of fused-ring (bicyclic) bond motifs is 4. The van der Waals surface area contributed by atoms with E-state index in [0.717, 1.165) is 39.1 Å². The third kappa shape index (κ3) is 3.38. The molecule has 0 saturated heterocycles. The fourth-order valence-corrected chi connectivity index (χ4v) is 5.94. The van der Waals surface area contributed by atoms with Crippen molar-refractivity contribution in [1.29, 1.82) is 0 Å². The third-order valence-corrected chi connectivity index (χ3v) is 7.45. The fourth-order valence-electron chi connectivity index (χ4n) is 5.94. The van der Waals surface area contributed by atoms with Gasteiger partial charge in [-0.05, 0) is 52.3 Å². The van der Waals surface area contributed by atoms with Gasteiger partial charge in [-0.1, -0.05) is 72.8 Å². The second-order valence-electron chi connectivity index (χ2n) is 9.28. The molecule has 1 fully saturated rings. The van der Waals surface area contributed by atoms with Crippen molar-refractivity contribution in [3.63, 3.8) is 0 Å². The van der Waals surface area contributed by atoms with Crippen molar-refractivity contribution in [1.82, 2.24) is 0 Å². The van der Waals surface area contributed by atoms with Crippen molar-refractivity contribution in [2.45, 2.75) is 6.42 Å². The first-order valence-electron chi connectivity index (χ1n) is 11.8. The lowest BCUT2D eigenvalue weighted by atomic mass is 9.83. The van der Waals surface area contributed by atoms with Gasteiger partial charge in [-0.3, -0.25) is 9.59 Å². The maximum Gasteiger partial charge on any atom is 0.315 e. The molecule has 1 N–H and O–H groups in total. The van der Waals surface area contributed by atoms with Crippen LogP contribution in [0.5, 0.6) is 11.5 Å². The molecular weight excluding hydrogens is 440 g/mol. The zero-order valence-corrected chi connectivity index (χ0v) is 19.2.